The Labute approximate surface area is 131 Å². The number of nitrogens with one attached hydrogen (secondary N) is 1. The van der Waals surface area contributed by atoms with E-state index in [0.29, 0.717) is 23.5 Å². The second-order valence-electron chi connectivity index (χ2n) is 5.62. The third-order valence-electron chi connectivity index (χ3n) is 4.30. The van der Waals surface area contributed by atoms with Crippen LogP contribution in [0.1, 0.15) is 41.2 Å². The minimum Gasteiger partial charge on any atom is -0.478 e. The van der Waals surface area contributed by atoms with Gasteiger partial charge in [0.1, 0.15) is 12.4 Å². The molecule has 4 rings (SSSR count). The van der Waals surface area contributed by atoms with Gasteiger partial charge in [0.25, 0.3) is 0 Å². The van der Waals surface area contributed by atoms with E-state index in [9.17, 15) is 14.7 Å². The summed E-state index contributed by atoms with van der Waals surface area (Å²) < 4.78 is 1.59. The van der Waals surface area contributed by atoms with E-state index in [0.717, 1.165) is 18.5 Å². The zero-order valence-electron chi connectivity index (χ0n) is 12.2. The number of allylic oxidation sites excluding steroid dienone is 2. The van der Waals surface area contributed by atoms with Gasteiger partial charge in [-0.25, -0.2) is 9.48 Å². The van der Waals surface area contributed by atoms with E-state index < -0.39 is 12.0 Å². The molecule has 2 aliphatic rings. The summed E-state index contributed by atoms with van der Waals surface area (Å²) in [5.41, 5.74) is 2.15. The van der Waals surface area contributed by atoms with Crippen LogP contribution >= 0.6 is 0 Å². The smallest absolute Gasteiger partial charge is 0.336 e. The number of carboxylic acids is 1. The van der Waals surface area contributed by atoms with Crippen molar-refractivity contribution in [3.05, 3.63) is 53.0 Å². The van der Waals surface area contributed by atoms with Crippen LogP contribution in [-0.4, -0.2) is 31.6 Å². The maximum absolute atomic E-state index is 12.5. The Morgan fingerprint density at radius 2 is 2.13 bits per heavy atom. The van der Waals surface area contributed by atoms with E-state index in [1.54, 1.807) is 28.9 Å². The number of ketones is 1. The Morgan fingerprint density at radius 1 is 1.30 bits per heavy atom. The van der Waals surface area contributed by atoms with Crippen molar-refractivity contribution < 1.29 is 14.7 Å². The lowest BCUT2D eigenvalue weighted by Gasteiger charge is -2.32. The van der Waals surface area contributed by atoms with Crippen LogP contribution in [0, 0.1) is 0 Å². The Bertz CT molecular complexity index is 853. The van der Waals surface area contributed by atoms with Gasteiger partial charge in [-0.05, 0) is 24.5 Å². The van der Waals surface area contributed by atoms with E-state index >= 15 is 0 Å². The third-order valence-corrected chi connectivity index (χ3v) is 4.30. The van der Waals surface area contributed by atoms with E-state index in [1.807, 2.05) is 0 Å². The molecule has 1 atom stereocenters. The van der Waals surface area contributed by atoms with Crippen molar-refractivity contribution in [2.75, 3.05) is 5.32 Å². The van der Waals surface area contributed by atoms with Gasteiger partial charge in [-0.1, -0.05) is 18.2 Å². The fourth-order valence-corrected chi connectivity index (χ4v) is 3.31. The largest absolute Gasteiger partial charge is 0.478 e. The highest BCUT2D eigenvalue weighted by molar-refractivity contribution is 6.00. The summed E-state index contributed by atoms with van der Waals surface area (Å²) in [6, 6.07) is 6.17. The molecule has 0 radical (unpaired) electrons. The summed E-state index contributed by atoms with van der Waals surface area (Å²) in [4.78, 5) is 28.3. The van der Waals surface area contributed by atoms with Gasteiger partial charge < -0.3 is 10.4 Å². The highest BCUT2D eigenvalue weighted by Gasteiger charge is 2.37. The van der Waals surface area contributed by atoms with E-state index in [1.165, 1.54) is 6.33 Å². The van der Waals surface area contributed by atoms with Gasteiger partial charge in [0.05, 0.1) is 5.56 Å². The van der Waals surface area contributed by atoms with E-state index in [4.69, 9.17) is 0 Å². The zero-order valence-corrected chi connectivity index (χ0v) is 12.2. The van der Waals surface area contributed by atoms with Gasteiger partial charge in [0.2, 0.25) is 5.95 Å². The SMILES string of the molecule is O=C1CCCC2=C1[C@H](c1ccccc1C(=O)O)n1ncnc1N2. The number of anilines is 1. The third kappa shape index (κ3) is 2.04. The van der Waals surface area contributed by atoms with Crippen LogP contribution in [0.15, 0.2) is 41.9 Å². The molecule has 1 aliphatic heterocycles. The Balaban J connectivity index is 1.97. The Morgan fingerprint density at radius 3 is 2.96 bits per heavy atom. The van der Waals surface area contributed by atoms with E-state index in [-0.39, 0.29) is 11.3 Å². The van der Waals surface area contributed by atoms with Gasteiger partial charge >= 0.3 is 5.97 Å². The second kappa shape index (κ2) is 5.05. The van der Waals surface area contributed by atoms with Crippen LogP contribution in [0.2, 0.25) is 0 Å². The number of nitrogens with zero attached hydrogens (tertiary/aromatic N) is 3. The Kier molecular flexibility index (Phi) is 3.00. The number of carbonyl (C=O) groups is 2. The fourth-order valence-electron chi connectivity index (χ4n) is 3.31. The fraction of sp³-hybridized carbons (Fsp3) is 0.250. The molecule has 116 valence electrons. The summed E-state index contributed by atoms with van der Waals surface area (Å²) in [5, 5.41) is 16.9. The van der Waals surface area contributed by atoms with Gasteiger partial charge in [-0.3, -0.25) is 4.79 Å². The zero-order chi connectivity index (χ0) is 16.0. The van der Waals surface area contributed by atoms with Gasteiger partial charge in [-0.2, -0.15) is 10.1 Å². The number of Topliss-reactive ketones (excluding diaryl/α,β-unsaturated/α-hetero) is 1. The molecule has 2 aromatic rings. The maximum Gasteiger partial charge on any atom is 0.336 e. The Hall–Kier alpha value is -2.96. The van der Waals surface area contributed by atoms with Crippen LogP contribution in [0.3, 0.4) is 0 Å². The quantitative estimate of drug-likeness (QED) is 0.880. The average molecular weight is 310 g/mol. The lowest BCUT2D eigenvalue weighted by atomic mass is 9.84. The normalized spacial score (nSPS) is 19.8. The molecule has 0 saturated carbocycles. The summed E-state index contributed by atoms with van der Waals surface area (Å²) in [7, 11) is 0. The summed E-state index contributed by atoms with van der Waals surface area (Å²) in [6.45, 7) is 0. The minimum absolute atomic E-state index is 0.0325. The standard InChI is InChI=1S/C16H14N4O3/c21-12-7-3-6-11-13(12)14(20-16(19-11)17-8-18-20)9-4-1-2-5-10(9)15(22)23/h1-2,4-5,8,14H,3,6-7H2,(H,22,23)(H,17,18,19)/t14-/m0/s1. The number of benzene rings is 1. The number of rotatable bonds is 2. The lowest BCUT2D eigenvalue weighted by molar-refractivity contribution is -0.116. The van der Waals surface area contributed by atoms with Crippen LogP contribution in [0.25, 0.3) is 0 Å². The first-order valence-corrected chi connectivity index (χ1v) is 7.42. The first-order valence-electron chi connectivity index (χ1n) is 7.42. The molecule has 0 bridgehead atoms. The van der Waals surface area contributed by atoms with Crippen LogP contribution in [-0.2, 0) is 4.79 Å². The van der Waals surface area contributed by atoms with Crippen LogP contribution < -0.4 is 5.32 Å². The van der Waals surface area contributed by atoms with Gasteiger partial charge in [0, 0.05) is 17.7 Å². The second-order valence-corrected chi connectivity index (χ2v) is 5.62. The number of carboxylic acid groups (broad SMARTS) is 1. The molecule has 0 unspecified atom stereocenters. The molecule has 7 nitrogen and oxygen atoms in total. The van der Waals surface area contributed by atoms with Crippen molar-refractivity contribution >= 4 is 17.7 Å². The molecule has 1 aromatic heterocycles. The van der Waals surface area contributed by atoms with Crippen molar-refractivity contribution in [1.29, 1.82) is 0 Å². The molecule has 0 amide bonds. The van der Waals surface area contributed by atoms with Crippen LogP contribution in [0.4, 0.5) is 5.95 Å². The molecule has 0 fully saturated rings. The first kappa shape index (κ1) is 13.7. The number of hydrogen-bond acceptors (Lipinski definition) is 5. The van der Waals surface area contributed by atoms with Gasteiger partial charge in [-0.15, -0.1) is 0 Å². The summed E-state index contributed by atoms with van der Waals surface area (Å²) in [5.74, 6) is -0.458. The molecular weight excluding hydrogens is 296 g/mol. The number of fused-ring (bicyclic) bond motifs is 1. The van der Waals surface area contributed by atoms with E-state index in [2.05, 4.69) is 15.4 Å². The predicted molar refractivity (Wildman–Crippen MR) is 81.1 cm³/mol. The van der Waals surface area contributed by atoms with Crippen molar-refractivity contribution in [3.63, 3.8) is 0 Å². The number of aromatic carboxylic acids is 1. The molecule has 0 spiro atoms. The molecule has 1 aliphatic carbocycles. The molecule has 2 heterocycles. The van der Waals surface area contributed by atoms with Gasteiger partial charge in [0.15, 0.2) is 5.78 Å². The van der Waals surface area contributed by atoms with Crippen LogP contribution in [0.5, 0.6) is 0 Å². The number of carbonyl (C=O) groups excluding carboxylic acids is 1. The minimum atomic E-state index is -1.02. The summed E-state index contributed by atoms with van der Waals surface area (Å²) in [6.07, 6.45) is 3.41. The van der Waals surface area contributed by atoms with Crippen molar-refractivity contribution in [1.82, 2.24) is 14.8 Å². The monoisotopic (exact) mass is 310 g/mol. The number of hydrogen-bond donors (Lipinski definition) is 2. The topological polar surface area (TPSA) is 97.1 Å². The highest BCUT2D eigenvalue weighted by atomic mass is 16.4. The maximum atomic E-state index is 12.5. The molecule has 0 saturated heterocycles. The van der Waals surface area contributed by atoms with Crippen molar-refractivity contribution in [2.24, 2.45) is 0 Å². The first-order chi connectivity index (χ1) is 11.2. The molecule has 1 aromatic carbocycles. The molecule has 23 heavy (non-hydrogen) atoms. The predicted octanol–water partition coefficient (Wildman–Crippen LogP) is 2.00. The van der Waals surface area contributed by atoms with Crippen molar-refractivity contribution in [3.8, 4) is 0 Å². The lowest BCUT2D eigenvalue weighted by Crippen LogP contribution is -2.32. The molecular formula is C16H14N4O3. The average Bonchev–Trinajstić information content (AvgIpc) is 3.01. The molecule has 2 N–H and O–H groups in total. The van der Waals surface area contributed by atoms with Crippen molar-refractivity contribution in [2.45, 2.75) is 25.3 Å². The number of aromatic nitrogens is 3. The molecule has 7 heteroatoms. The highest BCUT2D eigenvalue weighted by Crippen LogP contribution is 2.40. The summed E-state index contributed by atoms with van der Waals surface area (Å²) >= 11 is 0.